The molecule has 182 valence electrons. The normalized spacial score (nSPS) is 17.5. The molecule has 1 fully saturated rings. The third-order valence-electron chi connectivity index (χ3n) is 7.54. The van der Waals surface area contributed by atoms with Gasteiger partial charge in [0.25, 0.3) is 5.91 Å². The van der Waals surface area contributed by atoms with E-state index in [4.69, 9.17) is 0 Å². The summed E-state index contributed by atoms with van der Waals surface area (Å²) in [4.78, 5) is 18.0. The minimum Gasteiger partial charge on any atom is -0.352 e. The van der Waals surface area contributed by atoms with Crippen molar-refractivity contribution < 1.29 is 4.79 Å². The lowest BCUT2D eigenvalue weighted by Gasteiger charge is -2.32. The Labute approximate surface area is 210 Å². The molecule has 0 atom stereocenters. The van der Waals surface area contributed by atoms with E-state index in [1.54, 1.807) is 0 Å². The van der Waals surface area contributed by atoms with Gasteiger partial charge >= 0.3 is 0 Å². The third kappa shape index (κ3) is 6.59. The van der Waals surface area contributed by atoms with Crippen molar-refractivity contribution in [3.8, 4) is 0 Å². The molecule has 4 nitrogen and oxygen atoms in total. The molecule has 0 aliphatic carbocycles. The van der Waals surface area contributed by atoms with E-state index in [1.165, 1.54) is 22.3 Å². The van der Waals surface area contributed by atoms with Crippen LogP contribution in [0.15, 0.2) is 78.9 Å². The fourth-order valence-electron chi connectivity index (χ4n) is 5.48. The summed E-state index contributed by atoms with van der Waals surface area (Å²) in [7, 11) is 0. The molecule has 3 aromatic carbocycles. The minimum atomic E-state index is 0.0679. The van der Waals surface area contributed by atoms with E-state index >= 15 is 0 Å². The first-order chi connectivity index (χ1) is 17.2. The first-order valence-corrected chi connectivity index (χ1v) is 13.2. The van der Waals surface area contributed by atoms with Crippen LogP contribution in [-0.4, -0.2) is 41.9 Å². The van der Waals surface area contributed by atoms with Gasteiger partial charge < -0.3 is 5.32 Å². The van der Waals surface area contributed by atoms with Crippen molar-refractivity contribution in [1.82, 2.24) is 15.1 Å². The van der Waals surface area contributed by atoms with Crippen molar-refractivity contribution in [2.45, 2.75) is 45.3 Å². The smallest absolute Gasteiger partial charge is 0.251 e. The summed E-state index contributed by atoms with van der Waals surface area (Å²) in [5.41, 5.74) is 6.22. The zero-order chi connectivity index (χ0) is 23.9. The molecule has 0 spiro atoms. The molecule has 2 aliphatic heterocycles. The summed E-state index contributed by atoms with van der Waals surface area (Å²) in [5.74, 6) is 0.631. The molecule has 0 unspecified atom stereocenters. The van der Waals surface area contributed by atoms with E-state index in [0.717, 1.165) is 77.1 Å². The lowest BCUT2D eigenvalue weighted by atomic mass is 9.96. The second-order valence-corrected chi connectivity index (χ2v) is 10.2. The van der Waals surface area contributed by atoms with Crippen molar-refractivity contribution in [2.75, 3.05) is 26.2 Å². The molecule has 3 aromatic rings. The van der Waals surface area contributed by atoms with Gasteiger partial charge in [0, 0.05) is 31.7 Å². The van der Waals surface area contributed by atoms with Crippen LogP contribution in [0.5, 0.6) is 0 Å². The standard InChI is InChI=1S/C31H37N3O/c35-31(32-21-25-15-18-33(19-16-25)22-26-8-3-1-4-9-26)29-14-13-28-12-7-17-34(24-30(28)20-29)23-27-10-5-2-6-11-27/h1-6,8-11,13-14,20,25H,7,12,15-19,21-24H2,(H,32,35). The van der Waals surface area contributed by atoms with Crippen LogP contribution in [-0.2, 0) is 26.1 Å². The van der Waals surface area contributed by atoms with E-state index < -0.39 is 0 Å². The maximum Gasteiger partial charge on any atom is 0.251 e. The molecular weight excluding hydrogens is 430 g/mol. The Balaban J connectivity index is 1.12. The molecule has 0 bridgehead atoms. The number of rotatable bonds is 7. The summed E-state index contributed by atoms with van der Waals surface area (Å²) >= 11 is 0. The number of carbonyl (C=O) groups is 1. The molecule has 2 heterocycles. The maximum atomic E-state index is 13.0. The van der Waals surface area contributed by atoms with Crippen LogP contribution in [0.2, 0.25) is 0 Å². The molecular formula is C31H37N3O. The van der Waals surface area contributed by atoms with E-state index in [2.05, 4.69) is 87.9 Å². The Morgan fingerprint density at radius 2 is 1.43 bits per heavy atom. The summed E-state index contributed by atoms with van der Waals surface area (Å²) in [5, 5.41) is 3.24. The highest BCUT2D eigenvalue weighted by Gasteiger charge is 2.21. The quantitative estimate of drug-likeness (QED) is 0.514. The van der Waals surface area contributed by atoms with Crippen LogP contribution in [0, 0.1) is 5.92 Å². The number of hydrogen-bond donors (Lipinski definition) is 1. The van der Waals surface area contributed by atoms with Gasteiger partial charge in [-0.25, -0.2) is 0 Å². The minimum absolute atomic E-state index is 0.0679. The van der Waals surface area contributed by atoms with Crippen LogP contribution < -0.4 is 5.32 Å². The lowest BCUT2D eigenvalue weighted by Crippen LogP contribution is -2.38. The van der Waals surface area contributed by atoms with Crippen molar-refractivity contribution in [3.05, 3.63) is 107 Å². The van der Waals surface area contributed by atoms with Crippen LogP contribution in [0.4, 0.5) is 0 Å². The van der Waals surface area contributed by atoms with E-state index in [9.17, 15) is 4.79 Å². The van der Waals surface area contributed by atoms with Gasteiger partial charge in [-0.05, 0) is 85.6 Å². The number of carbonyl (C=O) groups excluding carboxylic acids is 1. The average Bonchev–Trinajstić information content (AvgIpc) is 3.10. The number of benzene rings is 3. The predicted octanol–water partition coefficient (Wildman–Crippen LogP) is 5.28. The molecule has 0 saturated carbocycles. The zero-order valence-corrected chi connectivity index (χ0v) is 20.7. The molecule has 1 amide bonds. The van der Waals surface area contributed by atoms with Crippen molar-refractivity contribution in [3.63, 3.8) is 0 Å². The van der Waals surface area contributed by atoms with Crippen molar-refractivity contribution in [1.29, 1.82) is 0 Å². The number of nitrogens with one attached hydrogen (secondary N) is 1. The van der Waals surface area contributed by atoms with E-state index in [-0.39, 0.29) is 5.91 Å². The largest absolute Gasteiger partial charge is 0.352 e. The molecule has 1 N–H and O–H groups in total. The van der Waals surface area contributed by atoms with Gasteiger partial charge in [0.1, 0.15) is 0 Å². The van der Waals surface area contributed by atoms with Gasteiger partial charge in [-0.2, -0.15) is 0 Å². The molecule has 5 rings (SSSR count). The number of aryl methyl sites for hydroxylation is 1. The second kappa shape index (κ2) is 11.7. The summed E-state index contributed by atoms with van der Waals surface area (Å²) in [6.07, 6.45) is 4.54. The summed E-state index contributed by atoms with van der Waals surface area (Å²) < 4.78 is 0. The highest BCUT2D eigenvalue weighted by molar-refractivity contribution is 5.94. The monoisotopic (exact) mass is 467 g/mol. The van der Waals surface area contributed by atoms with Gasteiger partial charge in [-0.15, -0.1) is 0 Å². The van der Waals surface area contributed by atoms with Crippen molar-refractivity contribution in [2.24, 2.45) is 5.92 Å². The van der Waals surface area contributed by atoms with Crippen LogP contribution >= 0.6 is 0 Å². The Morgan fingerprint density at radius 1 is 0.771 bits per heavy atom. The Kier molecular flexibility index (Phi) is 7.92. The molecule has 35 heavy (non-hydrogen) atoms. The Morgan fingerprint density at radius 3 is 2.11 bits per heavy atom. The molecule has 0 radical (unpaired) electrons. The highest BCUT2D eigenvalue weighted by atomic mass is 16.1. The van der Waals surface area contributed by atoms with Gasteiger partial charge in [-0.3, -0.25) is 14.6 Å². The first kappa shape index (κ1) is 23.8. The van der Waals surface area contributed by atoms with Gasteiger partial charge in [0.2, 0.25) is 0 Å². The van der Waals surface area contributed by atoms with Gasteiger partial charge in [0.05, 0.1) is 0 Å². The first-order valence-electron chi connectivity index (χ1n) is 13.2. The maximum absolute atomic E-state index is 13.0. The fraction of sp³-hybridized carbons (Fsp3) is 0.387. The Hall–Kier alpha value is -2.95. The summed E-state index contributed by atoms with van der Waals surface area (Å²) in [6.45, 7) is 6.96. The average molecular weight is 468 g/mol. The van der Waals surface area contributed by atoms with E-state index in [0.29, 0.717) is 5.92 Å². The lowest BCUT2D eigenvalue weighted by molar-refractivity contribution is 0.0935. The van der Waals surface area contributed by atoms with Gasteiger partial charge in [0.15, 0.2) is 0 Å². The molecule has 1 saturated heterocycles. The fourth-order valence-corrected chi connectivity index (χ4v) is 5.48. The number of piperidine rings is 1. The van der Waals surface area contributed by atoms with E-state index in [1.807, 2.05) is 6.07 Å². The molecule has 4 heteroatoms. The van der Waals surface area contributed by atoms with Gasteiger partial charge in [-0.1, -0.05) is 66.7 Å². The second-order valence-electron chi connectivity index (χ2n) is 10.2. The highest BCUT2D eigenvalue weighted by Crippen LogP contribution is 2.23. The van der Waals surface area contributed by atoms with Crippen LogP contribution in [0.1, 0.15) is 51.9 Å². The molecule has 0 aromatic heterocycles. The number of hydrogen-bond acceptors (Lipinski definition) is 3. The Bertz CT molecular complexity index is 1090. The topological polar surface area (TPSA) is 35.6 Å². The number of amides is 1. The molecule has 2 aliphatic rings. The SMILES string of the molecule is O=C(NCC1CCN(Cc2ccccc2)CC1)c1ccc2c(c1)CN(Cc1ccccc1)CCC2. The van der Waals surface area contributed by atoms with Crippen molar-refractivity contribution >= 4 is 5.91 Å². The number of nitrogens with zero attached hydrogens (tertiary/aromatic N) is 2. The number of fused-ring (bicyclic) bond motifs is 1. The number of likely N-dealkylation sites (tertiary alicyclic amines) is 1. The van der Waals surface area contributed by atoms with Crippen LogP contribution in [0.3, 0.4) is 0 Å². The third-order valence-corrected chi connectivity index (χ3v) is 7.54. The zero-order valence-electron chi connectivity index (χ0n) is 20.7. The predicted molar refractivity (Wildman–Crippen MR) is 142 cm³/mol. The van der Waals surface area contributed by atoms with Crippen LogP contribution in [0.25, 0.3) is 0 Å². The summed E-state index contributed by atoms with van der Waals surface area (Å²) in [6, 6.07) is 27.7.